The van der Waals surface area contributed by atoms with E-state index in [4.69, 9.17) is 10.4 Å². The number of nitrogens with zero attached hydrogens (tertiary/aromatic N) is 1. The van der Waals surface area contributed by atoms with E-state index in [0.717, 1.165) is 18.7 Å². The second-order valence-corrected chi connectivity index (χ2v) is 6.40. The predicted octanol–water partition coefficient (Wildman–Crippen LogP) is 3.89. The van der Waals surface area contributed by atoms with Crippen molar-refractivity contribution >= 4 is 11.7 Å². The van der Waals surface area contributed by atoms with Crippen molar-refractivity contribution in [1.82, 2.24) is 0 Å². The van der Waals surface area contributed by atoms with E-state index in [0.29, 0.717) is 17.9 Å². The first kappa shape index (κ1) is 17.0. The van der Waals surface area contributed by atoms with Gasteiger partial charge in [0, 0.05) is 18.7 Å². The molecule has 0 aliphatic rings. The number of nitriles is 1. The van der Waals surface area contributed by atoms with E-state index in [1.807, 2.05) is 12.1 Å². The Labute approximate surface area is 126 Å². The van der Waals surface area contributed by atoms with Gasteiger partial charge in [0.05, 0.1) is 11.6 Å². The average molecular weight is 288 g/mol. The molecule has 4 heteroatoms. The third-order valence-corrected chi connectivity index (χ3v) is 3.77. The minimum Gasteiger partial charge on any atom is -0.481 e. The van der Waals surface area contributed by atoms with Gasteiger partial charge in [0.2, 0.25) is 0 Å². The number of carboxylic acid groups (broad SMARTS) is 1. The average Bonchev–Trinajstić information content (AvgIpc) is 2.41. The fourth-order valence-corrected chi connectivity index (χ4v) is 2.36. The summed E-state index contributed by atoms with van der Waals surface area (Å²) < 4.78 is 0. The summed E-state index contributed by atoms with van der Waals surface area (Å²) in [4.78, 5) is 10.7. The molecule has 0 fully saturated rings. The van der Waals surface area contributed by atoms with Gasteiger partial charge in [0.1, 0.15) is 0 Å². The van der Waals surface area contributed by atoms with E-state index in [1.54, 1.807) is 12.1 Å². The number of benzene rings is 1. The van der Waals surface area contributed by atoms with Crippen molar-refractivity contribution in [2.24, 2.45) is 11.3 Å². The Morgan fingerprint density at radius 3 is 2.38 bits per heavy atom. The zero-order valence-electron chi connectivity index (χ0n) is 13.0. The standard InChI is InChI=1S/C17H24N2O2/c1-17(2,3)14(6-9-16(20)21)10-11-19-15-7-4-13(12-18)5-8-15/h4-5,7-8,14,19H,6,9-11H2,1-3H3,(H,20,21). The van der Waals surface area contributed by atoms with Gasteiger partial charge in [-0.3, -0.25) is 4.79 Å². The summed E-state index contributed by atoms with van der Waals surface area (Å²) in [6.07, 6.45) is 1.85. The highest BCUT2D eigenvalue weighted by Crippen LogP contribution is 2.32. The molecule has 1 rings (SSSR count). The fraction of sp³-hybridized carbons (Fsp3) is 0.529. The third kappa shape index (κ3) is 6.31. The Morgan fingerprint density at radius 1 is 1.29 bits per heavy atom. The minimum atomic E-state index is -0.732. The molecule has 4 nitrogen and oxygen atoms in total. The molecule has 0 bridgehead atoms. The molecular weight excluding hydrogens is 264 g/mol. The van der Waals surface area contributed by atoms with Gasteiger partial charge in [0.25, 0.3) is 0 Å². The van der Waals surface area contributed by atoms with Crippen LogP contribution in [0, 0.1) is 22.7 Å². The molecule has 1 atom stereocenters. The van der Waals surface area contributed by atoms with Crippen molar-refractivity contribution in [2.75, 3.05) is 11.9 Å². The third-order valence-electron chi connectivity index (χ3n) is 3.77. The molecule has 2 N–H and O–H groups in total. The van der Waals surface area contributed by atoms with Crippen LogP contribution in [0.2, 0.25) is 0 Å². The number of anilines is 1. The molecule has 0 aliphatic carbocycles. The molecule has 114 valence electrons. The van der Waals surface area contributed by atoms with Crippen molar-refractivity contribution in [1.29, 1.82) is 5.26 Å². The number of nitrogens with one attached hydrogen (secondary N) is 1. The van der Waals surface area contributed by atoms with Gasteiger partial charge in [-0.05, 0) is 48.4 Å². The lowest BCUT2D eigenvalue weighted by atomic mass is 9.76. The maximum absolute atomic E-state index is 10.7. The molecule has 0 heterocycles. The highest BCUT2D eigenvalue weighted by atomic mass is 16.4. The van der Waals surface area contributed by atoms with Gasteiger partial charge in [0.15, 0.2) is 0 Å². The number of carboxylic acids is 1. The first-order valence-electron chi connectivity index (χ1n) is 7.28. The van der Waals surface area contributed by atoms with Crippen LogP contribution in [0.4, 0.5) is 5.69 Å². The Hall–Kier alpha value is -2.02. The maximum Gasteiger partial charge on any atom is 0.303 e. The highest BCUT2D eigenvalue weighted by Gasteiger charge is 2.24. The lowest BCUT2D eigenvalue weighted by Crippen LogP contribution is -2.24. The Kier molecular flexibility index (Phi) is 6.23. The van der Waals surface area contributed by atoms with Crippen LogP contribution in [0.15, 0.2) is 24.3 Å². The Balaban J connectivity index is 2.49. The quantitative estimate of drug-likeness (QED) is 0.798. The van der Waals surface area contributed by atoms with Crippen LogP contribution in [0.25, 0.3) is 0 Å². The second-order valence-electron chi connectivity index (χ2n) is 6.40. The van der Waals surface area contributed by atoms with Crippen LogP contribution in [0.5, 0.6) is 0 Å². The normalized spacial score (nSPS) is 12.5. The summed E-state index contributed by atoms with van der Waals surface area (Å²) in [7, 11) is 0. The molecule has 0 aromatic heterocycles. The SMILES string of the molecule is CC(C)(C)C(CCNc1ccc(C#N)cc1)CCC(=O)O. The van der Waals surface area contributed by atoms with Crippen LogP contribution in [-0.2, 0) is 4.79 Å². The molecule has 1 aromatic carbocycles. The second kappa shape index (κ2) is 7.68. The molecule has 1 aromatic rings. The topological polar surface area (TPSA) is 73.1 Å². The Morgan fingerprint density at radius 2 is 1.90 bits per heavy atom. The van der Waals surface area contributed by atoms with Crippen LogP contribution < -0.4 is 5.32 Å². The van der Waals surface area contributed by atoms with E-state index in [-0.39, 0.29) is 11.8 Å². The van der Waals surface area contributed by atoms with Crippen LogP contribution in [-0.4, -0.2) is 17.6 Å². The molecule has 0 spiro atoms. The van der Waals surface area contributed by atoms with Crippen LogP contribution >= 0.6 is 0 Å². The van der Waals surface area contributed by atoms with E-state index in [2.05, 4.69) is 32.2 Å². The molecule has 0 saturated heterocycles. The minimum absolute atomic E-state index is 0.0990. The summed E-state index contributed by atoms with van der Waals surface area (Å²) in [5.41, 5.74) is 1.73. The summed E-state index contributed by atoms with van der Waals surface area (Å²) >= 11 is 0. The zero-order valence-corrected chi connectivity index (χ0v) is 13.0. The Bertz CT molecular complexity index is 495. The van der Waals surface area contributed by atoms with E-state index < -0.39 is 5.97 Å². The van der Waals surface area contributed by atoms with E-state index >= 15 is 0 Å². The van der Waals surface area contributed by atoms with Gasteiger partial charge in [-0.25, -0.2) is 0 Å². The monoisotopic (exact) mass is 288 g/mol. The molecule has 1 unspecified atom stereocenters. The fourth-order valence-electron chi connectivity index (χ4n) is 2.36. The highest BCUT2D eigenvalue weighted by molar-refractivity contribution is 5.66. The van der Waals surface area contributed by atoms with Crippen molar-refractivity contribution in [3.8, 4) is 6.07 Å². The van der Waals surface area contributed by atoms with Crippen molar-refractivity contribution < 1.29 is 9.90 Å². The van der Waals surface area contributed by atoms with Gasteiger partial charge >= 0.3 is 5.97 Å². The summed E-state index contributed by atoms with van der Waals surface area (Å²) in [6, 6.07) is 9.45. The lowest BCUT2D eigenvalue weighted by Gasteiger charge is -2.30. The molecular formula is C17H24N2O2. The van der Waals surface area contributed by atoms with Gasteiger partial charge in [-0.1, -0.05) is 20.8 Å². The largest absolute Gasteiger partial charge is 0.481 e. The summed E-state index contributed by atoms with van der Waals surface area (Å²) in [6.45, 7) is 7.26. The molecule has 0 aliphatic heterocycles. The van der Waals surface area contributed by atoms with Gasteiger partial charge < -0.3 is 10.4 Å². The van der Waals surface area contributed by atoms with E-state index in [9.17, 15) is 4.79 Å². The van der Waals surface area contributed by atoms with Crippen molar-refractivity contribution in [3.63, 3.8) is 0 Å². The number of carbonyl (C=O) groups is 1. The van der Waals surface area contributed by atoms with Gasteiger partial charge in [-0.15, -0.1) is 0 Å². The van der Waals surface area contributed by atoms with Gasteiger partial charge in [-0.2, -0.15) is 5.26 Å². The predicted molar refractivity (Wildman–Crippen MR) is 84.1 cm³/mol. The zero-order chi connectivity index (χ0) is 15.9. The van der Waals surface area contributed by atoms with Crippen molar-refractivity contribution in [2.45, 2.75) is 40.0 Å². The molecule has 0 radical (unpaired) electrons. The number of hydrogen-bond acceptors (Lipinski definition) is 3. The number of hydrogen-bond donors (Lipinski definition) is 2. The van der Waals surface area contributed by atoms with E-state index in [1.165, 1.54) is 0 Å². The number of rotatable bonds is 7. The first-order valence-corrected chi connectivity index (χ1v) is 7.28. The molecule has 0 amide bonds. The van der Waals surface area contributed by atoms with Crippen molar-refractivity contribution in [3.05, 3.63) is 29.8 Å². The number of aliphatic carboxylic acids is 1. The smallest absolute Gasteiger partial charge is 0.303 e. The van der Waals surface area contributed by atoms with Crippen LogP contribution in [0.1, 0.15) is 45.6 Å². The molecule has 0 saturated carbocycles. The summed E-state index contributed by atoms with van der Waals surface area (Å²) in [5.74, 6) is -0.371. The summed E-state index contributed by atoms with van der Waals surface area (Å²) in [5, 5.41) is 20.9. The van der Waals surface area contributed by atoms with Crippen LogP contribution in [0.3, 0.4) is 0 Å². The lowest BCUT2D eigenvalue weighted by molar-refractivity contribution is -0.137. The maximum atomic E-state index is 10.7. The molecule has 21 heavy (non-hydrogen) atoms. The first-order chi connectivity index (χ1) is 9.82.